The Morgan fingerprint density at radius 2 is 1.31 bits per heavy atom. The van der Waals surface area contributed by atoms with Crippen LogP contribution in [0, 0.1) is 5.92 Å². The molecule has 0 spiro atoms. The molecule has 0 aliphatic rings. The van der Waals surface area contributed by atoms with Crippen molar-refractivity contribution in [2.45, 2.75) is 39.3 Å². The zero-order valence-corrected chi connectivity index (χ0v) is 18.9. The van der Waals surface area contributed by atoms with Crippen molar-refractivity contribution >= 4 is 11.8 Å². The lowest BCUT2D eigenvalue weighted by Crippen LogP contribution is -2.44. The number of hydrogen-bond acceptors (Lipinski definition) is 2. The number of carbonyl (C=O) groups excluding carboxylic acids is 2. The van der Waals surface area contributed by atoms with E-state index in [0.717, 1.165) is 23.1 Å². The van der Waals surface area contributed by atoms with E-state index in [1.165, 1.54) is 0 Å². The highest BCUT2D eigenvalue weighted by Gasteiger charge is 2.31. The van der Waals surface area contributed by atoms with Crippen molar-refractivity contribution in [1.29, 1.82) is 0 Å². The molecule has 0 unspecified atom stereocenters. The minimum Gasteiger partial charge on any atom is -0.354 e. The molecule has 3 aromatic carbocycles. The monoisotopic (exact) mass is 428 g/mol. The van der Waals surface area contributed by atoms with Gasteiger partial charge in [-0.1, -0.05) is 105 Å². The van der Waals surface area contributed by atoms with Crippen molar-refractivity contribution in [3.8, 4) is 0 Å². The van der Waals surface area contributed by atoms with E-state index in [4.69, 9.17) is 0 Å². The van der Waals surface area contributed by atoms with Crippen molar-refractivity contribution in [2.75, 3.05) is 6.54 Å². The second kappa shape index (κ2) is 11.8. The van der Waals surface area contributed by atoms with Gasteiger partial charge in [-0.05, 0) is 29.0 Å². The van der Waals surface area contributed by atoms with Gasteiger partial charge in [0.05, 0.1) is 6.42 Å². The summed E-state index contributed by atoms with van der Waals surface area (Å²) in [7, 11) is 0. The van der Waals surface area contributed by atoms with Gasteiger partial charge in [0, 0.05) is 13.1 Å². The summed E-state index contributed by atoms with van der Waals surface area (Å²) in [6.07, 6.45) is 1.14. The van der Waals surface area contributed by atoms with Crippen LogP contribution in [0.1, 0.15) is 43.0 Å². The molecular weight excluding hydrogens is 396 g/mol. The topological polar surface area (TPSA) is 49.4 Å². The summed E-state index contributed by atoms with van der Waals surface area (Å²) in [5.74, 6) is 0.271. The summed E-state index contributed by atoms with van der Waals surface area (Å²) in [4.78, 5) is 28.7. The maximum atomic E-state index is 13.6. The zero-order valence-electron chi connectivity index (χ0n) is 18.9. The molecule has 0 saturated carbocycles. The van der Waals surface area contributed by atoms with Gasteiger partial charge in [0.15, 0.2) is 0 Å². The van der Waals surface area contributed by atoms with Crippen LogP contribution in [-0.2, 0) is 22.6 Å². The van der Waals surface area contributed by atoms with Crippen LogP contribution in [0.2, 0.25) is 0 Å². The zero-order chi connectivity index (χ0) is 22.8. The van der Waals surface area contributed by atoms with Gasteiger partial charge in [-0.25, -0.2) is 0 Å². The number of nitrogens with zero attached hydrogens (tertiary/aromatic N) is 1. The number of nitrogens with one attached hydrogen (secondary N) is 1. The lowest BCUT2D eigenvalue weighted by atomic mass is 10.0. The van der Waals surface area contributed by atoms with Crippen LogP contribution < -0.4 is 5.32 Å². The molecule has 1 atom stereocenters. The average Bonchev–Trinajstić information content (AvgIpc) is 2.80. The fourth-order valence-corrected chi connectivity index (χ4v) is 3.66. The summed E-state index contributed by atoms with van der Waals surface area (Å²) in [5.41, 5.74) is 2.74. The largest absolute Gasteiger partial charge is 0.354 e. The molecule has 0 saturated heterocycles. The first-order valence-corrected chi connectivity index (χ1v) is 11.2. The molecule has 166 valence electrons. The van der Waals surface area contributed by atoms with E-state index in [2.05, 4.69) is 19.2 Å². The third-order valence-corrected chi connectivity index (χ3v) is 5.41. The molecule has 0 fully saturated rings. The predicted molar refractivity (Wildman–Crippen MR) is 129 cm³/mol. The third-order valence-electron chi connectivity index (χ3n) is 5.41. The molecule has 3 aromatic rings. The van der Waals surface area contributed by atoms with E-state index in [0.29, 0.717) is 19.0 Å². The average molecular weight is 429 g/mol. The lowest BCUT2D eigenvalue weighted by Gasteiger charge is -2.32. The minimum absolute atomic E-state index is 0.0760. The van der Waals surface area contributed by atoms with Gasteiger partial charge >= 0.3 is 0 Å². The molecule has 4 heteroatoms. The number of carbonyl (C=O) groups is 2. The van der Waals surface area contributed by atoms with Crippen molar-refractivity contribution in [3.05, 3.63) is 108 Å². The van der Waals surface area contributed by atoms with Crippen LogP contribution in [0.25, 0.3) is 0 Å². The maximum absolute atomic E-state index is 13.6. The van der Waals surface area contributed by atoms with Crippen LogP contribution in [0.3, 0.4) is 0 Å². The summed E-state index contributed by atoms with van der Waals surface area (Å²) in [6, 6.07) is 28.4. The number of benzene rings is 3. The second-order valence-electron chi connectivity index (χ2n) is 8.46. The van der Waals surface area contributed by atoms with Crippen molar-refractivity contribution in [3.63, 3.8) is 0 Å². The Balaban J connectivity index is 1.93. The van der Waals surface area contributed by atoms with E-state index in [-0.39, 0.29) is 18.2 Å². The van der Waals surface area contributed by atoms with E-state index in [1.807, 2.05) is 91.0 Å². The van der Waals surface area contributed by atoms with Gasteiger partial charge in [0.2, 0.25) is 11.8 Å². The quantitative estimate of drug-likeness (QED) is 0.485. The molecular formula is C28H32N2O2. The Labute approximate surface area is 191 Å². The lowest BCUT2D eigenvalue weighted by molar-refractivity contribution is -0.141. The smallest absolute Gasteiger partial charge is 0.247 e. The van der Waals surface area contributed by atoms with E-state index >= 15 is 0 Å². The highest BCUT2D eigenvalue weighted by molar-refractivity contribution is 5.89. The van der Waals surface area contributed by atoms with E-state index in [9.17, 15) is 9.59 Å². The van der Waals surface area contributed by atoms with Crippen LogP contribution in [0.15, 0.2) is 91.0 Å². The normalized spacial score (nSPS) is 11.7. The minimum atomic E-state index is -0.695. The molecule has 0 radical (unpaired) electrons. The van der Waals surface area contributed by atoms with E-state index < -0.39 is 6.04 Å². The van der Waals surface area contributed by atoms with Gasteiger partial charge < -0.3 is 10.2 Å². The molecule has 0 heterocycles. The molecule has 0 aliphatic heterocycles. The fraction of sp³-hybridized carbons (Fsp3) is 0.286. The standard InChI is InChI=1S/C28H32N2O2/c1-22(2)18-19-29-28(32)27(25-16-10-5-11-17-25)30(21-24-14-8-4-9-15-24)26(31)20-23-12-6-3-7-13-23/h3-17,22,27H,18-21H2,1-2H3,(H,29,32)/t27-/m1/s1. The highest BCUT2D eigenvalue weighted by Crippen LogP contribution is 2.25. The highest BCUT2D eigenvalue weighted by atomic mass is 16.2. The van der Waals surface area contributed by atoms with Gasteiger partial charge in [-0.3, -0.25) is 9.59 Å². The summed E-state index contributed by atoms with van der Waals surface area (Å²) in [5, 5.41) is 3.06. The number of hydrogen-bond donors (Lipinski definition) is 1. The first kappa shape index (κ1) is 23.3. The van der Waals surface area contributed by atoms with Gasteiger partial charge in [-0.2, -0.15) is 0 Å². The van der Waals surface area contributed by atoms with Gasteiger partial charge in [0.1, 0.15) is 6.04 Å². The fourth-order valence-electron chi connectivity index (χ4n) is 3.66. The molecule has 1 N–H and O–H groups in total. The molecule has 3 rings (SSSR count). The second-order valence-corrected chi connectivity index (χ2v) is 8.46. The maximum Gasteiger partial charge on any atom is 0.247 e. The van der Waals surface area contributed by atoms with Gasteiger partial charge in [0.25, 0.3) is 0 Å². The predicted octanol–water partition coefficient (Wildman–Crippen LogP) is 5.16. The summed E-state index contributed by atoms with van der Waals surface area (Å²) < 4.78 is 0. The van der Waals surface area contributed by atoms with Gasteiger partial charge in [-0.15, -0.1) is 0 Å². The first-order chi connectivity index (χ1) is 15.5. The third kappa shape index (κ3) is 6.81. The number of rotatable bonds is 10. The Hall–Kier alpha value is -3.40. The molecule has 4 nitrogen and oxygen atoms in total. The summed E-state index contributed by atoms with van der Waals surface area (Å²) in [6.45, 7) is 5.22. The van der Waals surface area contributed by atoms with E-state index in [1.54, 1.807) is 4.90 Å². The summed E-state index contributed by atoms with van der Waals surface area (Å²) >= 11 is 0. The SMILES string of the molecule is CC(C)CCNC(=O)[C@@H](c1ccccc1)N(Cc1ccccc1)C(=O)Cc1ccccc1. The Morgan fingerprint density at radius 3 is 1.88 bits per heavy atom. The molecule has 2 amide bonds. The van der Waals surface area contributed by atoms with Crippen LogP contribution in [-0.4, -0.2) is 23.3 Å². The molecule has 0 aliphatic carbocycles. The Morgan fingerprint density at radius 1 is 0.781 bits per heavy atom. The molecule has 0 aromatic heterocycles. The number of amides is 2. The molecule has 32 heavy (non-hydrogen) atoms. The van der Waals surface area contributed by atoms with Crippen molar-refractivity contribution < 1.29 is 9.59 Å². The van der Waals surface area contributed by atoms with Crippen molar-refractivity contribution in [2.24, 2.45) is 5.92 Å². The van der Waals surface area contributed by atoms with Crippen LogP contribution in [0.4, 0.5) is 0 Å². The molecule has 0 bridgehead atoms. The first-order valence-electron chi connectivity index (χ1n) is 11.2. The van der Waals surface area contributed by atoms with Crippen LogP contribution >= 0.6 is 0 Å². The van der Waals surface area contributed by atoms with Crippen LogP contribution in [0.5, 0.6) is 0 Å². The Kier molecular flexibility index (Phi) is 8.61. The van der Waals surface area contributed by atoms with Crippen molar-refractivity contribution in [1.82, 2.24) is 10.2 Å². The Bertz CT molecular complexity index is 972.